The summed E-state index contributed by atoms with van der Waals surface area (Å²) in [4.78, 5) is 10.6. The molecule has 6 heteroatoms. The first kappa shape index (κ1) is 11.1. The Kier molecular flexibility index (Phi) is 3.91. The van der Waals surface area contributed by atoms with Gasteiger partial charge in [-0.15, -0.1) is 0 Å². The van der Waals surface area contributed by atoms with Crippen LogP contribution in [0.5, 0.6) is 0 Å². The number of methoxy groups -OCH3 is 1. The molecular weight excluding hydrogens is 184 g/mol. The zero-order valence-electron chi connectivity index (χ0n) is 6.61. The van der Waals surface area contributed by atoms with E-state index in [0.717, 1.165) is 0 Å². The zero-order chi connectivity index (χ0) is 9.78. The SMILES string of the molecule is C=C(CCS(=O)(=O)O)C(=O)OC. The van der Waals surface area contributed by atoms with Gasteiger partial charge in [0.05, 0.1) is 12.9 Å². The smallest absolute Gasteiger partial charge is 0.333 e. The molecule has 0 aliphatic rings. The Balaban J connectivity index is 3.97. The number of rotatable bonds is 4. The Labute approximate surface area is 70.8 Å². The molecule has 0 saturated carbocycles. The van der Waals surface area contributed by atoms with E-state index in [1.54, 1.807) is 0 Å². The predicted molar refractivity (Wildman–Crippen MR) is 42.2 cm³/mol. The lowest BCUT2D eigenvalue weighted by Crippen LogP contribution is -2.10. The summed E-state index contributed by atoms with van der Waals surface area (Å²) in [5.74, 6) is -1.18. The van der Waals surface area contributed by atoms with E-state index in [-0.39, 0.29) is 12.0 Å². The quantitative estimate of drug-likeness (QED) is 0.387. The standard InChI is InChI=1S/C6H10O5S/c1-5(6(7)11-2)3-4-12(8,9)10/h1,3-4H2,2H3,(H,8,9,10). The molecule has 1 N–H and O–H groups in total. The van der Waals surface area contributed by atoms with Crippen LogP contribution in [-0.4, -0.2) is 31.8 Å². The highest BCUT2D eigenvalue weighted by Crippen LogP contribution is 2.02. The second-order valence-electron chi connectivity index (χ2n) is 2.13. The van der Waals surface area contributed by atoms with Gasteiger partial charge < -0.3 is 4.74 Å². The summed E-state index contributed by atoms with van der Waals surface area (Å²) in [5.41, 5.74) is 0.0233. The van der Waals surface area contributed by atoms with Crippen molar-refractivity contribution < 1.29 is 22.5 Å². The molecule has 0 aliphatic heterocycles. The number of ether oxygens (including phenoxy) is 1. The lowest BCUT2D eigenvalue weighted by molar-refractivity contribution is -0.136. The van der Waals surface area contributed by atoms with E-state index in [9.17, 15) is 13.2 Å². The number of esters is 1. The van der Waals surface area contributed by atoms with Crippen molar-refractivity contribution in [2.45, 2.75) is 6.42 Å². The van der Waals surface area contributed by atoms with E-state index in [0.29, 0.717) is 0 Å². The Morgan fingerprint density at radius 2 is 2.08 bits per heavy atom. The molecule has 0 heterocycles. The van der Waals surface area contributed by atoms with Gasteiger partial charge in [0.15, 0.2) is 0 Å². The largest absolute Gasteiger partial charge is 0.466 e. The maximum atomic E-state index is 10.6. The third-order valence-electron chi connectivity index (χ3n) is 1.14. The summed E-state index contributed by atoms with van der Waals surface area (Å²) in [7, 11) is -2.86. The predicted octanol–water partition coefficient (Wildman–Crippen LogP) is -0.00650. The molecule has 0 fully saturated rings. The van der Waals surface area contributed by atoms with Crippen molar-refractivity contribution in [3.8, 4) is 0 Å². The zero-order valence-corrected chi connectivity index (χ0v) is 7.43. The Morgan fingerprint density at radius 3 is 2.42 bits per heavy atom. The van der Waals surface area contributed by atoms with Gasteiger partial charge in [-0.3, -0.25) is 4.55 Å². The van der Waals surface area contributed by atoms with Crippen LogP contribution in [-0.2, 0) is 19.6 Å². The molecule has 0 rings (SSSR count). The molecular formula is C6H10O5S. The minimum absolute atomic E-state index is 0.0233. The second-order valence-corrected chi connectivity index (χ2v) is 3.70. The molecule has 0 radical (unpaired) electrons. The fraction of sp³-hybridized carbons (Fsp3) is 0.500. The Morgan fingerprint density at radius 1 is 1.58 bits per heavy atom. The van der Waals surface area contributed by atoms with Gasteiger partial charge in [0.1, 0.15) is 0 Å². The molecule has 0 unspecified atom stereocenters. The number of carbonyl (C=O) groups is 1. The van der Waals surface area contributed by atoms with Crippen molar-refractivity contribution in [3.05, 3.63) is 12.2 Å². The molecule has 0 atom stereocenters. The number of hydrogen-bond acceptors (Lipinski definition) is 4. The van der Waals surface area contributed by atoms with Gasteiger partial charge in [-0.1, -0.05) is 6.58 Å². The fourth-order valence-electron chi connectivity index (χ4n) is 0.499. The van der Waals surface area contributed by atoms with Crippen molar-refractivity contribution in [1.82, 2.24) is 0 Å². The molecule has 0 aromatic rings. The Hall–Kier alpha value is -0.880. The van der Waals surface area contributed by atoms with Gasteiger partial charge in [-0.05, 0) is 6.42 Å². The summed E-state index contributed by atoms with van der Waals surface area (Å²) < 4.78 is 33.0. The van der Waals surface area contributed by atoms with Crippen LogP contribution in [0.2, 0.25) is 0 Å². The highest BCUT2D eigenvalue weighted by Gasteiger charge is 2.11. The molecule has 5 nitrogen and oxygen atoms in total. The molecule has 0 amide bonds. The monoisotopic (exact) mass is 194 g/mol. The van der Waals surface area contributed by atoms with Gasteiger partial charge >= 0.3 is 5.97 Å². The lowest BCUT2D eigenvalue weighted by atomic mass is 10.2. The number of hydrogen-bond donors (Lipinski definition) is 1. The normalized spacial score (nSPS) is 10.8. The summed E-state index contributed by atoms with van der Waals surface area (Å²) in [6.07, 6.45) is -0.120. The summed E-state index contributed by atoms with van der Waals surface area (Å²) in [6, 6.07) is 0. The first-order valence-corrected chi connectivity index (χ1v) is 4.69. The van der Waals surface area contributed by atoms with Crippen LogP contribution >= 0.6 is 0 Å². The van der Waals surface area contributed by atoms with Crippen LogP contribution < -0.4 is 0 Å². The van der Waals surface area contributed by atoms with E-state index < -0.39 is 21.8 Å². The fourth-order valence-corrected chi connectivity index (χ4v) is 1.00. The molecule has 0 aromatic carbocycles. The van der Waals surface area contributed by atoms with E-state index in [1.807, 2.05) is 0 Å². The average molecular weight is 194 g/mol. The van der Waals surface area contributed by atoms with Gasteiger partial charge in [0, 0.05) is 5.57 Å². The van der Waals surface area contributed by atoms with Crippen molar-refractivity contribution in [1.29, 1.82) is 0 Å². The van der Waals surface area contributed by atoms with Crippen LogP contribution in [0.15, 0.2) is 12.2 Å². The van der Waals surface area contributed by atoms with Crippen molar-refractivity contribution in [3.63, 3.8) is 0 Å². The first-order chi connectivity index (χ1) is 5.37. The maximum Gasteiger partial charge on any atom is 0.333 e. The maximum absolute atomic E-state index is 10.6. The third kappa shape index (κ3) is 4.86. The average Bonchev–Trinajstić information content (AvgIpc) is 1.97. The van der Waals surface area contributed by atoms with Gasteiger partial charge in [0.2, 0.25) is 0 Å². The summed E-state index contributed by atoms with van der Waals surface area (Å²) in [6.45, 7) is 3.28. The van der Waals surface area contributed by atoms with Gasteiger partial charge in [0.25, 0.3) is 10.1 Å². The molecule has 70 valence electrons. The van der Waals surface area contributed by atoms with E-state index >= 15 is 0 Å². The molecule has 12 heavy (non-hydrogen) atoms. The van der Waals surface area contributed by atoms with Crippen molar-refractivity contribution >= 4 is 16.1 Å². The van der Waals surface area contributed by atoms with Crippen LogP contribution in [0.4, 0.5) is 0 Å². The van der Waals surface area contributed by atoms with Gasteiger partial charge in [-0.2, -0.15) is 8.42 Å². The summed E-state index contributed by atoms with van der Waals surface area (Å²) in [5, 5.41) is 0. The highest BCUT2D eigenvalue weighted by atomic mass is 32.2. The van der Waals surface area contributed by atoms with E-state index in [4.69, 9.17) is 4.55 Å². The molecule has 0 bridgehead atoms. The third-order valence-corrected chi connectivity index (χ3v) is 1.86. The number of carbonyl (C=O) groups excluding carboxylic acids is 1. The minimum atomic E-state index is -4.03. The van der Waals surface area contributed by atoms with E-state index in [2.05, 4.69) is 11.3 Å². The lowest BCUT2D eigenvalue weighted by Gasteiger charge is -2.00. The van der Waals surface area contributed by atoms with Crippen LogP contribution in [0.25, 0.3) is 0 Å². The topological polar surface area (TPSA) is 80.7 Å². The minimum Gasteiger partial charge on any atom is -0.466 e. The molecule has 0 saturated heterocycles. The van der Waals surface area contributed by atoms with Gasteiger partial charge in [-0.25, -0.2) is 4.79 Å². The summed E-state index contributed by atoms with van der Waals surface area (Å²) >= 11 is 0. The van der Waals surface area contributed by atoms with E-state index in [1.165, 1.54) is 7.11 Å². The van der Waals surface area contributed by atoms with Crippen LogP contribution in [0, 0.1) is 0 Å². The molecule has 0 aliphatic carbocycles. The first-order valence-electron chi connectivity index (χ1n) is 3.08. The Bertz CT molecular complexity index is 276. The highest BCUT2D eigenvalue weighted by molar-refractivity contribution is 7.85. The molecule has 0 spiro atoms. The molecule has 0 aromatic heterocycles. The second kappa shape index (κ2) is 4.22. The van der Waals surface area contributed by atoms with Crippen LogP contribution in [0.3, 0.4) is 0 Å². The van der Waals surface area contributed by atoms with Crippen molar-refractivity contribution in [2.75, 3.05) is 12.9 Å². The van der Waals surface area contributed by atoms with Crippen molar-refractivity contribution in [2.24, 2.45) is 0 Å². The van der Waals surface area contributed by atoms with Crippen LogP contribution in [0.1, 0.15) is 6.42 Å².